The highest BCUT2D eigenvalue weighted by Crippen LogP contribution is 2.28. The van der Waals surface area contributed by atoms with Gasteiger partial charge in [0, 0.05) is 28.9 Å². The molecule has 0 bridgehead atoms. The van der Waals surface area contributed by atoms with Gasteiger partial charge in [-0.15, -0.1) is 0 Å². The van der Waals surface area contributed by atoms with Crippen LogP contribution in [0.5, 0.6) is 0 Å². The zero-order valence-corrected chi connectivity index (χ0v) is 13.0. The van der Waals surface area contributed by atoms with Crippen molar-refractivity contribution >= 4 is 27.3 Å². The second-order valence-electron chi connectivity index (χ2n) is 5.28. The molecule has 1 aromatic carbocycles. The molecule has 0 aromatic heterocycles. The van der Waals surface area contributed by atoms with Gasteiger partial charge < -0.3 is 21.1 Å². The van der Waals surface area contributed by atoms with E-state index in [1.54, 1.807) is 0 Å². The molecular formula is C13H22BrN3O. The van der Waals surface area contributed by atoms with E-state index in [0.29, 0.717) is 13.1 Å². The first-order chi connectivity index (χ1) is 8.21. The lowest BCUT2D eigenvalue weighted by molar-refractivity contribution is 0.0460. The molecule has 1 aromatic rings. The van der Waals surface area contributed by atoms with Crippen LogP contribution in [0.15, 0.2) is 16.6 Å². The molecule has 0 amide bonds. The highest BCUT2D eigenvalue weighted by molar-refractivity contribution is 9.10. The third kappa shape index (κ3) is 4.48. The number of hydrogen-bond donors (Lipinski definition) is 3. The number of nitrogens with one attached hydrogen (secondary N) is 1. The summed E-state index contributed by atoms with van der Waals surface area (Å²) in [5, 5.41) is 13.5. The minimum absolute atomic E-state index is 0.479. The van der Waals surface area contributed by atoms with Crippen LogP contribution in [-0.2, 0) is 0 Å². The summed E-state index contributed by atoms with van der Waals surface area (Å²) in [6, 6.07) is 3.85. The van der Waals surface area contributed by atoms with E-state index in [2.05, 4.69) is 21.2 Å². The maximum Gasteiger partial charge on any atom is 0.0917 e. The summed E-state index contributed by atoms with van der Waals surface area (Å²) in [5.74, 6) is 0. The SMILES string of the molecule is Cc1cc(NCC(C)(O)CN(C)C)c(Br)cc1N. The first kappa shape index (κ1) is 15.3. The van der Waals surface area contributed by atoms with Gasteiger partial charge in [-0.25, -0.2) is 0 Å². The molecular weight excluding hydrogens is 294 g/mol. The second kappa shape index (κ2) is 5.91. The minimum Gasteiger partial charge on any atom is -0.398 e. The first-order valence-electron chi connectivity index (χ1n) is 5.88. The normalized spacial score (nSPS) is 14.6. The van der Waals surface area contributed by atoms with Crippen LogP contribution in [0.1, 0.15) is 12.5 Å². The van der Waals surface area contributed by atoms with Crippen molar-refractivity contribution in [1.82, 2.24) is 4.90 Å². The van der Waals surface area contributed by atoms with E-state index < -0.39 is 5.60 Å². The van der Waals surface area contributed by atoms with Crippen LogP contribution in [0, 0.1) is 6.92 Å². The van der Waals surface area contributed by atoms with Gasteiger partial charge in [0.15, 0.2) is 0 Å². The lowest BCUT2D eigenvalue weighted by Gasteiger charge is -2.28. The van der Waals surface area contributed by atoms with Crippen molar-refractivity contribution in [3.63, 3.8) is 0 Å². The van der Waals surface area contributed by atoms with E-state index in [1.165, 1.54) is 0 Å². The standard InChI is InChI=1S/C13H22BrN3O/c1-9-5-12(10(14)6-11(9)15)16-7-13(2,18)8-17(3)4/h5-6,16,18H,7-8,15H2,1-4H3. The van der Waals surface area contributed by atoms with E-state index in [9.17, 15) is 5.11 Å². The minimum atomic E-state index is -0.780. The van der Waals surface area contributed by atoms with E-state index in [1.807, 2.05) is 45.0 Å². The van der Waals surface area contributed by atoms with Crippen molar-refractivity contribution in [2.45, 2.75) is 19.4 Å². The Morgan fingerprint density at radius 3 is 2.61 bits per heavy atom. The zero-order chi connectivity index (χ0) is 13.9. The Hall–Kier alpha value is -0.780. The number of benzene rings is 1. The van der Waals surface area contributed by atoms with Gasteiger partial charge in [-0.3, -0.25) is 0 Å². The average Bonchev–Trinajstić information content (AvgIpc) is 2.19. The van der Waals surface area contributed by atoms with Gasteiger partial charge in [0.2, 0.25) is 0 Å². The van der Waals surface area contributed by atoms with Crippen molar-refractivity contribution in [3.8, 4) is 0 Å². The summed E-state index contributed by atoms with van der Waals surface area (Å²) in [5.41, 5.74) is 7.77. The summed E-state index contributed by atoms with van der Waals surface area (Å²) in [7, 11) is 3.88. The lowest BCUT2D eigenvalue weighted by atomic mass is 10.1. The van der Waals surface area contributed by atoms with Crippen LogP contribution in [0.4, 0.5) is 11.4 Å². The van der Waals surface area contributed by atoms with Crippen LogP contribution >= 0.6 is 15.9 Å². The summed E-state index contributed by atoms with van der Waals surface area (Å²) in [4.78, 5) is 1.96. The quantitative estimate of drug-likeness (QED) is 0.728. The number of nitrogens with two attached hydrogens (primary N) is 1. The summed E-state index contributed by atoms with van der Waals surface area (Å²) in [6.45, 7) is 4.86. The van der Waals surface area contributed by atoms with Crippen LogP contribution in [0.3, 0.4) is 0 Å². The van der Waals surface area contributed by atoms with E-state index in [4.69, 9.17) is 5.73 Å². The van der Waals surface area contributed by atoms with Gasteiger partial charge in [-0.05, 0) is 61.6 Å². The summed E-state index contributed by atoms with van der Waals surface area (Å²) >= 11 is 3.47. The molecule has 5 heteroatoms. The molecule has 18 heavy (non-hydrogen) atoms. The smallest absolute Gasteiger partial charge is 0.0917 e. The number of nitrogens with zero attached hydrogens (tertiary/aromatic N) is 1. The molecule has 0 aliphatic carbocycles. The van der Waals surface area contributed by atoms with Gasteiger partial charge in [-0.2, -0.15) is 0 Å². The van der Waals surface area contributed by atoms with Crippen molar-refractivity contribution in [2.75, 3.05) is 38.2 Å². The monoisotopic (exact) mass is 315 g/mol. The number of rotatable bonds is 5. The van der Waals surface area contributed by atoms with Gasteiger partial charge in [0.25, 0.3) is 0 Å². The molecule has 0 spiro atoms. The van der Waals surface area contributed by atoms with Crippen molar-refractivity contribution in [2.24, 2.45) is 0 Å². The molecule has 4 nitrogen and oxygen atoms in total. The highest BCUT2D eigenvalue weighted by atomic mass is 79.9. The number of aliphatic hydroxyl groups is 1. The third-order valence-electron chi connectivity index (χ3n) is 2.67. The Balaban J connectivity index is 2.72. The topological polar surface area (TPSA) is 61.5 Å². The van der Waals surface area contributed by atoms with E-state index in [0.717, 1.165) is 21.4 Å². The number of aryl methyl sites for hydroxylation is 1. The van der Waals surface area contributed by atoms with Gasteiger partial charge in [-0.1, -0.05) is 0 Å². The predicted molar refractivity (Wildman–Crippen MR) is 81.0 cm³/mol. The molecule has 0 saturated carbocycles. The Morgan fingerprint density at radius 1 is 1.44 bits per heavy atom. The zero-order valence-electron chi connectivity index (χ0n) is 11.4. The molecule has 4 N–H and O–H groups in total. The Labute approximate surface area is 117 Å². The number of nitrogen functional groups attached to an aromatic ring is 1. The fraction of sp³-hybridized carbons (Fsp3) is 0.538. The fourth-order valence-corrected chi connectivity index (χ4v) is 2.36. The molecule has 0 heterocycles. The van der Waals surface area contributed by atoms with E-state index >= 15 is 0 Å². The first-order valence-corrected chi connectivity index (χ1v) is 6.67. The molecule has 0 aliphatic rings. The van der Waals surface area contributed by atoms with E-state index in [-0.39, 0.29) is 0 Å². The predicted octanol–water partition coefficient (Wildman–Crippen LogP) is 2.06. The van der Waals surface area contributed by atoms with Crippen LogP contribution in [-0.4, -0.2) is 42.8 Å². The number of hydrogen-bond acceptors (Lipinski definition) is 4. The number of anilines is 2. The van der Waals surface area contributed by atoms with Gasteiger partial charge >= 0.3 is 0 Å². The average molecular weight is 316 g/mol. The molecule has 0 fully saturated rings. The highest BCUT2D eigenvalue weighted by Gasteiger charge is 2.21. The molecule has 0 saturated heterocycles. The molecule has 102 valence electrons. The van der Waals surface area contributed by atoms with Crippen molar-refractivity contribution in [1.29, 1.82) is 0 Å². The Morgan fingerprint density at radius 2 is 2.06 bits per heavy atom. The second-order valence-corrected chi connectivity index (χ2v) is 6.13. The third-order valence-corrected chi connectivity index (χ3v) is 3.33. The largest absolute Gasteiger partial charge is 0.398 e. The van der Waals surface area contributed by atoms with Crippen molar-refractivity contribution < 1.29 is 5.11 Å². The fourth-order valence-electron chi connectivity index (χ4n) is 1.86. The Bertz CT molecular complexity index is 419. The van der Waals surface area contributed by atoms with Crippen LogP contribution < -0.4 is 11.1 Å². The van der Waals surface area contributed by atoms with Crippen LogP contribution in [0.2, 0.25) is 0 Å². The molecule has 1 unspecified atom stereocenters. The molecule has 0 aliphatic heterocycles. The number of halogens is 1. The molecule has 1 atom stereocenters. The summed E-state index contributed by atoms with van der Waals surface area (Å²) < 4.78 is 0.909. The maximum absolute atomic E-state index is 10.2. The van der Waals surface area contributed by atoms with Gasteiger partial charge in [0.05, 0.1) is 5.60 Å². The van der Waals surface area contributed by atoms with Crippen LogP contribution in [0.25, 0.3) is 0 Å². The Kier molecular flexibility index (Phi) is 5.01. The lowest BCUT2D eigenvalue weighted by Crippen LogP contribution is -2.43. The molecule has 0 radical (unpaired) electrons. The van der Waals surface area contributed by atoms with Crippen molar-refractivity contribution in [3.05, 3.63) is 22.2 Å². The van der Waals surface area contributed by atoms with Gasteiger partial charge in [0.1, 0.15) is 0 Å². The maximum atomic E-state index is 10.2. The summed E-state index contributed by atoms with van der Waals surface area (Å²) in [6.07, 6.45) is 0. The number of likely N-dealkylation sites (N-methyl/N-ethyl adjacent to an activating group) is 1. The molecule has 1 rings (SSSR count).